The number of nitro groups is 1. The smallest absolute Gasteiger partial charge is 0.288 e. The van der Waals surface area contributed by atoms with Crippen LogP contribution in [0.25, 0.3) is 0 Å². The van der Waals surface area contributed by atoms with Crippen LogP contribution in [0.2, 0.25) is 5.02 Å². The number of nitrogens with zero attached hydrogens (tertiary/aromatic N) is 2. The monoisotopic (exact) mass is 270 g/mol. The number of carbonyl (C=O) groups excluding carboxylic acids is 1. The lowest BCUT2D eigenvalue weighted by Crippen LogP contribution is -2.29. The molecule has 96 valence electrons. The topological polar surface area (TPSA) is 83.7 Å². The maximum atomic E-state index is 12.1. The minimum Gasteiger partial charge on any atom is -0.391 e. The molecule has 0 radical (unpaired) electrons. The van der Waals surface area contributed by atoms with Gasteiger partial charge in [-0.15, -0.1) is 0 Å². The predicted octanol–water partition coefficient (Wildman–Crippen LogP) is 1.45. The van der Waals surface area contributed by atoms with Crippen LogP contribution < -0.4 is 0 Å². The van der Waals surface area contributed by atoms with Crippen molar-refractivity contribution in [2.45, 2.75) is 12.5 Å². The molecule has 2 rings (SSSR count). The SMILES string of the molecule is O=C(c1cccc([N+](=O)[O-])c1Cl)N1CC[C@@H](O)C1. The number of carbonyl (C=O) groups is 1. The molecule has 0 unspecified atom stereocenters. The predicted molar refractivity (Wildman–Crippen MR) is 64.6 cm³/mol. The second kappa shape index (κ2) is 4.91. The molecule has 1 aliphatic heterocycles. The standard InChI is InChI=1S/C11H11ClN2O4/c12-10-8(2-1-3-9(10)14(17)18)11(16)13-5-4-7(15)6-13/h1-3,7,15H,4-6H2/t7-/m1/s1. The lowest BCUT2D eigenvalue weighted by molar-refractivity contribution is -0.384. The van der Waals surface area contributed by atoms with Crippen molar-refractivity contribution in [1.29, 1.82) is 0 Å². The minimum absolute atomic E-state index is 0.0972. The number of amides is 1. The number of β-amino-alcohol motifs (C(OH)–C–C–N with tert-alkyl or cyclic N) is 1. The van der Waals surface area contributed by atoms with E-state index in [1.54, 1.807) is 0 Å². The molecule has 0 spiro atoms. The molecule has 1 aromatic carbocycles. The van der Waals surface area contributed by atoms with Crippen LogP contribution in [0, 0.1) is 10.1 Å². The van der Waals surface area contributed by atoms with Crippen molar-refractivity contribution in [3.8, 4) is 0 Å². The molecule has 18 heavy (non-hydrogen) atoms. The molecule has 0 bridgehead atoms. The molecule has 0 aliphatic carbocycles. The molecule has 1 saturated heterocycles. The summed E-state index contributed by atoms with van der Waals surface area (Å²) in [5.74, 6) is -0.389. The number of rotatable bonds is 2. The lowest BCUT2D eigenvalue weighted by atomic mass is 10.1. The third kappa shape index (κ3) is 2.30. The number of likely N-dealkylation sites (tertiary alicyclic amines) is 1. The number of nitro benzene ring substituents is 1. The summed E-state index contributed by atoms with van der Waals surface area (Å²) >= 11 is 5.86. The van der Waals surface area contributed by atoms with E-state index in [4.69, 9.17) is 11.6 Å². The largest absolute Gasteiger partial charge is 0.391 e. The van der Waals surface area contributed by atoms with Gasteiger partial charge in [0.15, 0.2) is 0 Å². The van der Waals surface area contributed by atoms with Crippen LogP contribution in [0.15, 0.2) is 18.2 Å². The molecule has 7 heteroatoms. The zero-order valence-corrected chi connectivity index (χ0v) is 10.1. The van der Waals surface area contributed by atoms with Gasteiger partial charge in [0.1, 0.15) is 5.02 Å². The molecule has 1 aliphatic rings. The van der Waals surface area contributed by atoms with E-state index in [0.717, 1.165) is 0 Å². The summed E-state index contributed by atoms with van der Waals surface area (Å²) in [6.07, 6.45) is -0.0235. The fourth-order valence-electron chi connectivity index (χ4n) is 1.92. The van der Waals surface area contributed by atoms with Gasteiger partial charge in [0.25, 0.3) is 11.6 Å². The second-order valence-electron chi connectivity index (χ2n) is 4.09. The van der Waals surface area contributed by atoms with Crippen molar-refractivity contribution in [2.75, 3.05) is 13.1 Å². The first-order chi connectivity index (χ1) is 8.50. The normalized spacial score (nSPS) is 19.0. The van der Waals surface area contributed by atoms with E-state index in [9.17, 15) is 20.0 Å². The summed E-state index contributed by atoms with van der Waals surface area (Å²) in [5.41, 5.74) is -0.192. The minimum atomic E-state index is -0.627. The summed E-state index contributed by atoms with van der Waals surface area (Å²) in [4.78, 5) is 23.6. The first-order valence-corrected chi connectivity index (χ1v) is 5.78. The Bertz CT molecular complexity index is 506. The van der Waals surface area contributed by atoms with Gasteiger partial charge in [-0.25, -0.2) is 0 Å². The molecule has 6 nitrogen and oxygen atoms in total. The molecular weight excluding hydrogens is 260 g/mol. The zero-order chi connectivity index (χ0) is 13.3. The molecule has 0 aromatic heterocycles. The maximum Gasteiger partial charge on any atom is 0.288 e. The van der Waals surface area contributed by atoms with E-state index in [1.807, 2.05) is 0 Å². The molecule has 1 atom stereocenters. The van der Waals surface area contributed by atoms with Crippen LogP contribution >= 0.6 is 11.6 Å². The molecule has 1 heterocycles. The van der Waals surface area contributed by atoms with Gasteiger partial charge in [-0.1, -0.05) is 17.7 Å². The van der Waals surface area contributed by atoms with Gasteiger partial charge in [-0.2, -0.15) is 0 Å². The van der Waals surface area contributed by atoms with Gasteiger partial charge in [0, 0.05) is 19.2 Å². The fraction of sp³-hybridized carbons (Fsp3) is 0.364. The van der Waals surface area contributed by atoms with Crippen molar-refractivity contribution in [1.82, 2.24) is 4.90 Å². The highest BCUT2D eigenvalue weighted by Crippen LogP contribution is 2.29. The van der Waals surface area contributed by atoms with Gasteiger partial charge in [-0.3, -0.25) is 14.9 Å². The molecule has 1 fully saturated rings. The van der Waals surface area contributed by atoms with Gasteiger partial charge in [0.05, 0.1) is 16.6 Å². The van der Waals surface area contributed by atoms with E-state index in [0.29, 0.717) is 13.0 Å². The molecule has 1 aromatic rings. The highest BCUT2D eigenvalue weighted by Gasteiger charge is 2.28. The first-order valence-electron chi connectivity index (χ1n) is 5.41. The van der Waals surface area contributed by atoms with Crippen molar-refractivity contribution < 1.29 is 14.8 Å². The Labute approximate surface area is 108 Å². The van der Waals surface area contributed by atoms with E-state index in [1.165, 1.54) is 23.1 Å². The van der Waals surface area contributed by atoms with Crippen LogP contribution in [0.3, 0.4) is 0 Å². The van der Waals surface area contributed by atoms with Crippen molar-refractivity contribution in [2.24, 2.45) is 0 Å². The summed E-state index contributed by atoms with van der Waals surface area (Å²) in [6.45, 7) is 0.664. The third-order valence-electron chi connectivity index (χ3n) is 2.86. The van der Waals surface area contributed by atoms with Gasteiger partial charge in [-0.05, 0) is 12.5 Å². The Kier molecular flexibility index (Phi) is 3.49. The Hall–Kier alpha value is -1.66. The van der Waals surface area contributed by atoms with Crippen molar-refractivity contribution in [3.05, 3.63) is 38.9 Å². The maximum absolute atomic E-state index is 12.1. The summed E-state index contributed by atoms with van der Waals surface area (Å²) in [5, 5.41) is 19.9. The van der Waals surface area contributed by atoms with Crippen LogP contribution in [0.1, 0.15) is 16.8 Å². The lowest BCUT2D eigenvalue weighted by Gasteiger charge is -2.16. The zero-order valence-electron chi connectivity index (χ0n) is 9.38. The highest BCUT2D eigenvalue weighted by molar-refractivity contribution is 6.35. The van der Waals surface area contributed by atoms with Gasteiger partial charge in [0.2, 0.25) is 0 Å². The number of hydrogen-bond donors (Lipinski definition) is 1. The highest BCUT2D eigenvalue weighted by atomic mass is 35.5. The molecule has 1 N–H and O–H groups in total. The number of aliphatic hydroxyl groups is 1. The first kappa shape index (κ1) is 12.8. The van der Waals surface area contributed by atoms with Crippen molar-refractivity contribution in [3.63, 3.8) is 0 Å². The Balaban J connectivity index is 2.31. The number of halogens is 1. The van der Waals surface area contributed by atoms with Gasteiger partial charge >= 0.3 is 0 Å². The Morgan fingerprint density at radius 1 is 1.56 bits per heavy atom. The Morgan fingerprint density at radius 3 is 2.83 bits per heavy atom. The van der Waals surface area contributed by atoms with Crippen LogP contribution in [0.5, 0.6) is 0 Å². The van der Waals surface area contributed by atoms with Gasteiger partial charge < -0.3 is 10.0 Å². The van der Waals surface area contributed by atoms with E-state index >= 15 is 0 Å². The average molecular weight is 271 g/mol. The average Bonchev–Trinajstić information content (AvgIpc) is 2.75. The van der Waals surface area contributed by atoms with E-state index in [2.05, 4.69) is 0 Å². The van der Waals surface area contributed by atoms with E-state index < -0.39 is 11.0 Å². The number of aliphatic hydroxyl groups excluding tert-OH is 1. The molecular formula is C11H11ClN2O4. The van der Waals surface area contributed by atoms with E-state index in [-0.39, 0.29) is 28.7 Å². The molecule has 1 amide bonds. The summed E-state index contributed by atoms with van der Waals surface area (Å²) in [7, 11) is 0. The van der Waals surface area contributed by atoms with Crippen molar-refractivity contribution >= 4 is 23.2 Å². The second-order valence-corrected chi connectivity index (χ2v) is 4.47. The van der Waals surface area contributed by atoms with Crippen LogP contribution in [0.4, 0.5) is 5.69 Å². The van der Waals surface area contributed by atoms with Crippen LogP contribution in [-0.2, 0) is 0 Å². The number of hydrogen-bond acceptors (Lipinski definition) is 4. The molecule has 0 saturated carbocycles. The summed E-state index contributed by atoms with van der Waals surface area (Å²) < 4.78 is 0. The van der Waals surface area contributed by atoms with Crippen LogP contribution in [-0.4, -0.2) is 40.0 Å². The Morgan fingerprint density at radius 2 is 2.28 bits per heavy atom. The summed E-state index contributed by atoms with van der Waals surface area (Å²) in [6, 6.07) is 4.12. The fourth-order valence-corrected chi connectivity index (χ4v) is 2.20. The quantitative estimate of drug-likeness (QED) is 0.651. The third-order valence-corrected chi connectivity index (χ3v) is 3.25. The number of benzene rings is 1.